The van der Waals surface area contributed by atoms with Crippen molar-refractivity contribution < 1.29 is 19.1 Å². The Hall–Kier alpha value is -3.53. The SMILES string of the molecule is COc1cnc(C)cc1-c1cc(C)ncc1C(=O)Nc1nc2c(s1)CN(C(=O)OC(C)(C)C)C2. The van der Waals surface area contributed by atoms with E-state index in [2.05, 4.69) is 20.3 Å². The van der Waals surface area contributed by atoms with Gasteiger partial charge in [-0.25, -0.2) is 9.78 Å². The average molecular weight is 482 g/mol. The highest BCUT2D eigenvalue weighted by Crippen LogP contribution is 2.35. The smallest absolute Gasteiger partial charge is 0.410 e. The van der Waals surface area contributed by atoms with E-state index in [9.17, 15) is 9.59 Å². The van der Waals surface area contributed by atoms with Gasteiger partial charge in [0, 0.05) is 28.7 Å². The van der Waals surface area contributed by atoms with Crippen LogP contribution in [0.5, 0.6) is 5.75 Å². The molecule has 3 aromatic rings. The van der Waals surface area contributed by atoms with Crippen molar-refractivity contribution in [3.05, 3.63) is 52.0 Å². The lowest BCUT2D eigenvalue weighted by molar-refractivity contribution is 0.0241. The highest BCUT2D eigenvalue weighted by molar-refractivity contribution is 7.16. The minimum Gasteiger partial charge on any atom is -0.494 e. The zero-order valence-electron chi connectivity index (χ0n) is 20.1. The van der Waals surface area contributed by atoms with Gasteiger partial charge in [-0.3, -0.25) is 25.0 Å². The van der Waals surface area contributed by atoms with E-state index in [1.165, 1.54) is 11.3 Å². The summed E-state index contributed by atoms with van der Waals surface area (Å²) in [5, 5.41) is 3.36. The molecule has 4 heterocycles. The minimum absolute atomic E-state index is 0.324. The van der Waals surface area contributed by atoms with E-state index in [4.69, 9.17) is 9.47 Å². The maximum absolute atomic E-state index is 13.2. The number of hydrogen-bond donors (Lipinski definition) is 1. The van der Waals surface area contributed by atoms with Crippen LogP contribution >= 0.6 is 11.3 Å². The zero-order chi connectivity index (χ0) is 24.6. The zero-order valence-corrected chi connectivity index (χ0v) is 20.9. The highest BCUT2D eigenvalue weighted by atomic mass is 32.1. The molecule has 3 aromatic heterocycles. The van der Waals surface area contributed by atoms with Gasteiger partial charge in [0.1, 0.15) is 11.4 Å². The molecule has 1 aliphatic heterocycles. The monoisotopic (exact) mass is 481 g/mol. The number of amides is 2. The lowest BCUT2D eigenvalue weighted by atomic mass is 9.99. The molecule has 1 aliphatic rings. The van der Waals surface area contributed by atoms with Gasteiger partial charge in [0.25, 0.3) is 5.91 Å². The molecule has 9 nitrogen and oxygen atoms in total. The van der Waals surface area contributed by atoms with Gasteiger partial charge >= 0.3 is 6.09 Å². The van der Waals surface area contributed by atoms with Crippen molar-refractivity contribution in [1.82, 2.24) is 19.9 Å². The van der Waals surface area contributed by atoms with Gasteiger partial charge in [-0.2, -0.15) is 0 Å². The van der Waals surface area contributed by atoms with Crippen LogP contribution in [-0.2, 0) is 17.8 Å². The molecule has 0 aromatic carbocycles. The number of aryl methyl sites for hydroxylation is 2. The topological polar surface area (TPSA) is 107 Å². The van der Waals surface area contributed by atoms with Gasteiger partial charge < -0.3 is 9.47 Å². The minimum atomic E-state index is -0.560. The third-order valence-electron chi connectivity index (χ3n) is 5.13. The first-order chi connectivity index (χ1) is 16.0. The first-order valence-corrected chi connectivity index (χ1v) is 11.6. The standard InChI is InChI=1S/C24H27N5O4S/c1-13-7-15(16-8-14(2)26-10-19(16)32-6)17(9-25-13)21(30)28-22-27-18-11-29(12-20(18)34-22)23(31)33-24(3,4)5/h7-10H,11-12H2,1-6H3,(H,27,28,30). The molecule has 178 valence electrons. The molecule has 2 amide bonds. The number of carbonyl (C=O) groups excluding carboxylic acids is 2. The molecule has 0 atom stereocenters. The van der Waals surface area contributed by atoms with Crippen LogP contribution in [0.4, 0.5) is 9.93 Å². The number of carbonyl (C=O) groups is 2. The van der Waals surface area contributed by atoms with Crippen LogP contribution in [0.2, 0.25) is 0 Å². The average Bonchev–Trinajstić information content (AvgIpc) is 3.31. The number of nitrogens with one attached hydrogen (secondary N) is 1. The molecule has 0 spiro atoms. The van der Waals surface area contributed by atoms with Crippen LogP contribution in [0.1, 0.15) is 53.1 Å². The first kappa shape index (κ1) is 23.6. The largest absolute Gasteiger partial charge is 0.494 e. The number of fused-ring (bicyclic) bond motifs is 1. The molecule has 0 saturated heterocycles. The fourth-order valence-corrected chi connectivity index (χ4v) is 4.58. The maximum atomic E-state index is 13.2. The van der Waals surface area contributed by atoms with Crippen molar-refractivity contribution in [1.29, 1.82) is 0 Å². The number of hydrogen-bond acceptors (Lipinski definition) is 8. The molecule has 0 bridgehead atoms. The molecular weight excluding hydrogens is 454 g/mol. The molecule has 34 heavy (non-hydrogen) atoms. The molecule has 0 radical (unpaired) electrons. The fraction of sp³-hybridized carbons (Fsp3) is 0.375. The fourth-order valence-electron chi connectivity index (χ4n) is 3.60. The van der Waals surface area contributed by atoms with Gasteiger partial charge in [-0.05, 0) is 46.8 Å². The summed E-state index contributed by atoms with van der Waals surface area (Å²) >= 11 is 1.35. The second-order valence-electron chi connectivity index (χ2n) is 9.08. The Balaban J connectivity index is 1.55. The Labute approximate surface area is 202 Å². The summed E-state index contributed by atoms with van der Waals surface area (Å²) in [5.74, 6) is 0.246. The predicted octanol–water partition coefficient (Wildman–Crippen LogP) is 4.73. The van der Waals surface area contributed by atoms with Crippen molar-refractivity contribution >= 4 is 28.5 Å². The number of nitrogens with zero attached hydrogens (tertiary/aromatic N) is 4. The maximum Gasteiger partial charge on any atom is 0.410 e. The van der Waals surface area contributed by atoms with Crippen LogP contribution in [-0.4, -0.2) is 44.6 Å². The highest BCUT2D eigenvalue weighted by Gasteiger charge is 2.31. The van der Waals surface area contributed by atoms with E-state index in [1.807, 2.05) is 46.8 Å². The van der Waals surface area contributed by atoms with Crippen LogP contribution in [0, 0.1) is 13.8 Å². The van der Waals surface area contributed by atoms with Crippen LogP contribution in [0.15, 0.2) is 24.5 Å². The molecule has 1 N–H and O–H groups in total. The van der Waals surface area contributed by atoms with Gasteiger partial charge in [0.05, 0.1) is 42.5 Å². The van der Waals surface area contributed by atoms with E-state index < -0.39 is 5.60 Å². The van der Waals surface area contributed by atoms with Crippen molar-refractivity contribution in [2.45, 2.75) is 53.3 Å². The number of pyridine rings is 2. The summed E-state index contributed by atoms with van der Waals surface area (Å²) < 4.78 is 10.9. The van der Waals surface area contributed by atoms with Crippen molar-refractivity contribution in [3.63, 3.8) is 0 Å². The summed E-state index contributed by atoms with van der Waals surface area (Å²) in [6, 6.07) is 3.74. The van der Waals surface area contributed by atoms with Gasteiger partial charge in [-0.1, -0.05) is 11.3 Å². The Bertz CT molecular complexity index is 1240. The van der Waals surface area contributed by atoms with Gasteiger partial charge in [-0.15, -0.1) is 0 Å². The Morgan fingerprint density at radius 2 is 1.74 bits per heavy atom. The molecule has 4 rings (SSSR count). The lowest BCUT2D eigenvalue weighted by Crippen LogP contribution is -2.33. The van der Waals surface area contributed by atoms with Gasteiger partial charge in [0.15, 0.2) is 5.13 Å². The number of methoxy groups -OCH3 is 1. The Morgan fingerprint density at radius 1 is 1.06 bits per heavy atom. The van der Waals surface area contributed by atoms with Crippen LogP contribution in [0.25, 0.3) is 11.1 Å². The summed E-state index contributed by atoms with van der Waals surface area (Å²) in [5.41, 5.74) is 3.66. The first-order valence-electron chi connectivity index (χ1n) is 10.8. The van der Waals surface area contributed by atoms with Crippen molar-refractivity contribution in [2.75, 3.05) is 12.4 Å². The Kier molecular flexibility index (Phi) is 6.26. The Morgan fingerprint density at radius 3 is 2.38 bits per heavy atom. The summed E-state index contributed by atoms with van der Waals surface area (Å²) in [6.07, 6.45) is 2.82. The van der Waals surface area contributed by atoms with Crippen LogP contribution in [0.3, 0.4) is 0 Å². The van der Waals surface area contributed by atoms with E-state index >= 15 is 0 Å². The molecule has 0 aliphatic carbocycles. The summed E-state index contributed by atoms with van der Waals surface area (Å²) in [4.78, 5) is 41.2. The molecule has 0 saturated carbocycles. The molecule has 10 heteroatoms. The summed E-state index contributed by atoms with van der Waals surface area (Å²) in [7, 11) is 1.57. The second kappa shape index (κ2) is 9.02. The molecule has 0 unspecified atom stereocenters. The van der Waals surface area contributed by atoms with Crippen molar-refractivity contribution in [2.24, 2.45) is 0 Å². The molecular formula is C24H27N5O4S. The van der Waals surface area contributed by atoms with E-state index in [1.54, 1.807) is 24.4 Å². The van der Waals surface area contributed by atoms with E-state index in [0.717, 1.165) is 27.5 Å². The lowest BCUT2D eigenvalue weighted by Gasteiger charge is -2.24. The number of aromatic nitrogens is 3. The quantitative estimate of drug-likeness (QED) is 0.574. The second-order valence-corrected chi connectivity index (χ2v) is 10.2. The van der Waals surface area contributed by atoms with E-state index in [0.29, 0.717) is 35.1 Å². The number of anilines is 1. The third-order valence-corrected chi connectivity index (χ3v) is 6.12. The molecule has 0 fully saturated rings. The van der Waals surface area contributed by atoms with E-state index in [-0.39, 0.29) is 12.0 Å². The number of ether oxygens (including phenoxy) is 2. The predicted molar refractivity (Wildman–Crippen MR) is 129 cm³/mol. The van der Waals surface area contributed by atoms with Crippen molar-refractivity contribution in [3.8, 4) is 16.9 Å². The number of rotatable bonds is 4. The third kappa shape index (κ3) is 5.01. The number of thiazole rings is 1. The normalized spacial score (nSPS) is 12.9. The summed E-state index contributed by atoms with van der Waals surface area (Å²) in [6.45, 7) is 10.0. The van der Waals surface area contributed by atoms with Gasteiger partial charge in [0.2, 0.25) is 0 Å². The van der Waals surface area contributed by atoms with Crippen LogP contribution < -0.4 is 10.1 Å².